The van der Waals surface area contributed by atoms with Gasteiger partial charge in [0.15, 0.2) is 5.76 Å². The summed E-state index contributed by atoms with van der Waals surface area (Å²) in [5.41, 5.74) is 1.04. The van der Waals surface area contributed by atoms with Gasteiger partial charge in [0.05, 0.1) is 17.0 Å². The molecule has 0 aromatic carbocycles. The van der Waals surface area contributed by atoms with Crippen molar-refractivity contribution < 1.29 is 9.26 Å². The first-order valence-corrected chi connectivity index (χ1v) is 5.17. The molecule has 0 unspecified atom stereocenters. The van der Waals surface area contributed by atoms with Crippen molar-refractivity contribution in [2.45, 2.75) is 44.8 Å². The minimum Gasteiger partial charge on any atom is -0.358 e. The lowest BCUT2D eigenvalue weighted by atomic mass is 9.96. The van der Waals surface area contributed by atoms with Crippen LogP contribution in [0.15, 0.2) is 4.52 Å². The molecule has 2 heterocycles. The van der Waals surface area contributed by atoms with Crippen molar-refractivity contribution in [1.82, 2.24) is 5.16 Å². The lowest BCUT2D eigenvalue weighted by Crippen LogP contribution is -2.23. The van der Waals surface area contributed by atoms with E-state index < -0.39 is 5.60 Å². The van der Waals surface area contributed by atoms with Crippen LogP contribution in [0, 0.1) is 0 Å². The van der Waals surface area contributed by atoms with E-state index in [1.165, 1.54) is 0 Å². The summed E-state index contributed by atoms with van der Waals surface area (Å²) >= 11 is 5.79. The first-order valence-electron chi connectivity index (χ1n) is 4.64. The Hall–Kier alpha value is -0.540. The molecule has 14 heavy (non-hydrogen) atoms. The Bertz CT molecular complexity index is 368. The molecule has 0 saturated heterocycles. The largest absolute Gasteiger partial charge is 0.358 e. The second-order valence-electron chi connectivity index (χ2n) is 4.59. The molecular weight excluding hydrogens is 202 g/mol. The molecule has 1 aliphatic heterocycles. The minimum atomic E-state index is -0.407. The minimum absolute atomic E-state index is 0.358. The highest BCUT2D eigenvalue weighted by atomic mass is 35.5. The van der Waals surface area contributed by atoms with Gasteiger partial charge in [0.25, 0.3) is 0 Å². The van der Waals surface area contributed by atoms with Crippen molar-refractivity contribution in [3.63, 3.8) is 0 Å². The van der Waals surface area contributed by atoms with Gasteiger partial charge < -0.3 is 9.26 Å². The topological polar surface area (TPSA) is 35.3 Å². The fourth-order valence-corrected chi connectivity index (χ4v) is 2.36. The zero-order chi connectivity index (χ0) is 10.6. The lowest BCUT2D eigenvalue weighted by molar-refractivity contribution is -0.114. The Labute approximate surface area is 88.4 Å². The SMILES string of the molecule is CC1(C)OC(C)(C)c2c(CCl)noc21. The first kappa shape index (κ1) is 9.99. The number of hydrogen-bond acceptors (Lipinski definition) is 3. The lowest BCUT2D eigenvalue weighted by Gasteiger charge is -2.24. The number of aromatic nitrogens is 1. The number of alkyl halides is 1. The van der Waals surface area contributed by atoms with Crippen LogP contribution in [0.25, 0.3) is 0 Å². The molecule has 0 N–H and O–H groups in total. The van der Waals surface area contributed by atoms with Crippen molar-refractivity contribution in [3.05, 3.63) is 17.0 Å². The van der Waals surface area contributed by atoms with Crippen LogP contribution < -0.4 is 0 Å². The molecule has 0 aliphatic carbocycles. The van der Waals surface area contributed by atoms with E-state index in [1.807, 2.05) is 27.7 Å². The Morgan fingerprint density at radius 3 is 2.43 bits per heavy atom. The third-order valence-electron chi connectivity index (χ3n) is 2.55. The zero-order valence-corrected chi connectivity index (χ0v) is 9.60. The molecule has 0 atom stereocenters. The molecule has 0 saturated carbocycles. The fourth-order valence-electron chi connectivity index (χ4n) is 2.18. The highest BCUT2D eigenvalue weighted by Gasteiger charge is 2.48. The smallest absolute Gasteiger partial charge is 0.174 e. The summed E-state index contributed by atoms with van der Waals surface area (Å²) in [5, 5.41) is 3.96. The predicted octanol–water partition coefficient (Wildman–Crippen LogP) is 2.91. The van der Waals surface area contributed by atoms with Gasteiger partial charge in [-0.1, -0.05) is 5.16 Å². The quantitative estimate of drug-likeness (QED) is 0.676. The van der Waals surface area contributed by atoms with Crippen LogP contribution in [0.4, 0.5) is 0 Å². The Kier molecular flexibility index (Phi) is 1.95. The normalized spacial score (nSPS) is 22.4. The molecule has 1 aromatic rings. The molecular formula is C10H14ClNO2. The van der Waals surface area contributed by atoms with E-state index in [4.69, 9.17) is 20.9 Å². The van der Waals surface area contributed by atoms with Crippen molar-refractivity contribution in [1.29, 1.82) is 0 Å². The highest BCUT2D eigenvalue weighted by molar-refractivity contribution is 6.17. The third kappa shape index (κ3) is 1.19. The van der Waals surface area contributed by atoms with E-state index >= 15 is 0 Å². The molecule has 4 heteroatoms. The molecule has 3 nitrogen and oxygen atoms in total. The van der Waals surface area contributed by atoms with Gasteiger partial charge in [0.2, 0.25) is 0 Å². The molecule has 0 bridgehead atoms. The van der Waals surface area contributed by atoms with Gasteiger partial charge in [0, 0.05) is 0 Å². The van der Waals surface area contributed by atoms with E-state index in [-0.39, 0.29) is 5.60 Å². The summed E-state index contributed by atoms with van der Waals surface area (Å²) in [6.45, 7) is 7.97. The first-order chi connectivity index (χ1) is 6.38. The molecule has 1 aromatic heterocycles. The standard InChI is InChI=1S/C10H14ClNO2/c1-9(2)7-6(5-11)12-13-8(7)10(3,4)14-9/h5H2,1-4H3. The average Bonchev–Trinajstić information content (AvgIpc) is 2.51. The van der Waals surface area contributed by atoms with Gasteiger partial charge in [-0.2, -0.15) is 0 Å². The summed E-state index contributed by atoms with van der Waals surface area (Å²) in [4.78, 5) is 0. The molecule has 0 amide bonds. The Morgan fingerprint density at radius 1 is 1.21 bits per heavy atom. The summed E-state index contributed by atoms with van der Waals surface area (Å²) in [7, 11) is 0. The Morgan fingerprint density at radius 2 is 1.86 bits per heavy atom. The van der Waals surface area contributed by atoms with Gasteiger partial charge in [-0.25, -0.2) is 0 Å². The van der Waals surface area contributed by atoms with Crippen LogP contribution in [0.2, 0.25) is 0 Å². The van der Waals surface area contributed by atoms with Crippen LogP contribution in [0.1, 0.15) is 44.7 Å². The fraction of sp³-hybridized carbons (Fsp3) is 0.700. The monoisotopic (exact) mass is 215 g/mol. The summed E-state index contributed by atoms with van der Waals surface area (Å²) in [6.07, 6.45) is 0. The van der Waals surface area contributed by atoms with Crippen molar-refractivity contribution >= 4 is 11.6 Å². The maximum absolute atomic E-state index is 5.90. The highest BCUT2D eigenvalue weighted by Crippen LogP contribution is 2.48. The van der Waals surface area contributed by atoms with Crippen LogP contribution in [-0.2, 0) is 21.8 Å². The van der Waals surface area contributed by atoms with Gasteiger partial charge in [0.1, 0.15) is 11.3 Å². The third-order valence-corrected chi connectivity index (χ3v) is 2.80. The average molecular weight is 216 g/mol. The van der Waals surface area contributed by atoms with E-state index in [0.717, 1.165) is 17.0 Å². The number of halogens is 1. The molecule has 78 valence electrons. The van der Waals surface area contributed by atoms with Crippen LogP contribution in [0.3, 0.4) is 0 Å². The van der Waals surface area contributed by atoms with E-state index in [0.29, 0.717) is 5.88 Å². The van der Waals surface area contributed by atoms with Gasteiger partial charge in [-0.15, -0.1) is 11.6 Å². The summed E-state index contributed by atoms with van der Waals surface area (Å²) in [5.74, 6) is 1.17. The number of fused-ring (bicyclic) bond motifs is 1. The van der Waals surface area contributed by atoms with Crippen LogP contribution in [-0.4, -0.2) is 5.16 Å². The second-order valence-corrected chi connectivity index (χ2v) is 4.86. The second kappa shape index (κ2) is 2.74. The number of hydrogen-bond donors (Lipinski definition) is 0. The number of ether oxygens (including phenoxy) is 1. The van der Waals surface area contributed by atoms with Crippen molar-refractivity contribution in [2.24, 2.45) is 0 Å². The predicted molar refractivity (Wildman–Crippen MR) is 53.2 cm³/mol. The van der Waals surface area contributed by atoms with E-state index in [9.17, 15) is 0 Å². The maximum atomic E-state index is 5.90. The molecule has 0 fully saturated rings. The zero-order valence-electron chi connectivity index (χ0n) is 8.85. The molecule has 2 rings (SSSR count). The van der Waals surface area contributed by atoms with Crippen molar-refractivity contribution in [2.75, 3.05) is 0 Å². The van der Waals surface area contributed by atoms with Crippen LogP contribution in [0.5, 0.6) is 0 Å². The molecule has 1 aliphatic rings. The summed E-state index contributed by atoms with van der Waals surface area (Å²) < 4.78 is 11.2. The van der Waals surface area contributed by atoms with Crippen molar-refractivity contribution in [3.8, 4) is 0 Å². The van der Waals surface area contributed by atoms with E-state index in [2.05, 4.69) is 5.16 Å². The molecule has 0 radical (unpaired) electrons. The number of rotatable bonds is 1. The maximum Gasteiger partial charge on any atom is 0.174 e. The summed E-state index contributed by atoms with van der Waals surface area (Å²) in [6, 6.07) is 0. The van der Waals surface area contributed by atoms with Gasteiger partial charge in [-0.05, 0) is 27.7 Å². The van der Waals surface area contributed by atoms with Gasteiger partial charge >= 0.3 is 0 Å². The van der Waals surface area contributed by atoms with Crippen LogP contribution >= 0.6 is 11.6 Å². The van der Waals surface area contributed by atoms with E-state index in [1.54, 1.807) is 0 Å². The molecule has 0 spiro atoms. The Balaban J connectivity index is 2.62. The number of nitrogens with zero attached hydrogens (tertiary/aromatic N) is 1. The van der Waals surface area contributed by atoms with Gasteiger partial charge in [-0.3, -0.25) is 0 Å².